The summed E-state index contributed by atoms with van der Waals surface area (Å²) in [4.78, 5) is 94.6. The van der Waals surface area contributed by atoms with E-state index in [-0.39, 0.29) is 75.2 Å². The maximum Gasteiger partial charge on any atom is 0.343 e. The SMILES string of the molecule is CCCC1OC[C@H]2O[C@@H](OCc3c(OC(=O)c4ccccc4)ccc4c3Oc3c(ccc(OC(=O)c5ccccc5)c3CO[C@@H]3O[C@@H]5COC(CCC)O[C@H]5[C@H](OC(C)=O)[C@H]3OC(C)=O)C43OC(=O)c4ccccc43)[C@H](OC(C)=O)[C@@H](OC(C)=O)[C@@H]2O1. The fourth-order valence-electron chi connectivity index (χ4n) is 11.6. The predicted octanol–water partition coefficient (Wildman–Crippen LogP) is 7.99. The Kier molecular flexibility index (Phi) is 18.1. The molecule has 87 heavy (non-hydrogen) atoms. The van der Waals surface area contributed by atoms with Crippen molar-refractivity contribution >= 4 is 41.8 Å². The summed E-state index contributed by atoms with van der Waals surface area (Å²) < 4.78 is 101. The van der Waals surface area contributed by atoms with Gasteiger partial charge >= 0.3 is 41.8 Å². The molecule has 23 heteroatoms. The molecule has 0 aromatic heterocycles. The Balaban J connectivity index is 1.07. The van der Waals surface area contributed by atoms with Gasteiger partial charge in [0, 0.05) is 44.4 Å². The second-order valence-electron chi connectivity index (χ2n) is 21.4. The highest BCUT2D eigenvalue weighted by molar-refractivity contribution is 5.97. The molecule has 6 aliphatic heterocycles. The summed E-state index contributed by atoms with van der Waals surface area (Å²) in [6.07, 6.45) is -11.4. The molecule has 1 spiro atoms. The van der Waals surface area contributed by atoms with Crippen LogP contribution in [0.3, 0.4) is 0 Å². The van der Waals surface area contributed by atoms with E-state index in [2.05, 4.69) is 0 Å². The van der Waals surface area contributed by atoms with Crippen LogP contribution in [0.25, 0.3) is 0 Å². The number of carbonyl (C=O) groups excluding carboxylic acids is 7. The van der Waals surface area contributed by atoms with Gasteiger partial charge in [-0.15, -0.1) is 0 Å². The lowest BCUT2D eigenvalue weighted by atomic mass is 9.76. The van der Waals surface area contributed by atoms with Gasteiger partial charge in [0.15, 0.2) is 55.2 Å². The first-order valence-electron chi connectivity index (χ1n) is 28.7. The zero-order valence-corrected chi connectivity index (χ0v) is 48.4. The lowest BCUT2D eigenvalue weighted by molar-refractivity contribution is -0.362. The Bertz CT molecular complexity index is 3220. The number of benzene rings is 5. The van der Waals surface area contributed by atoms with E-state index in [1.54, 1.807) is 97.1 Å². The van der Waals surface area contributed by atoms with Crippen LogP contribution in [0.1, 0.15) is 126 Å². The van der Waals surface area contributed by atoms with Gasteiger partial charge in [-0.1, -0.05) is 81.3 Å². The molecule has 11 rings (SSSR count). The van der Waals surface area contributed by atoms with Crippen LogP contribution in [0.2, 0.25) is 0 Å². The van der Waals surface area contributed by atoms with E-state index in [0.717, 1.165) is 0 Å². The third-order valence-corrected chi connectivity index (χ3v) is 15.3. The molecule has 6 aliphatic rings. The van der Waals surface area contributed by atoms with Crippen molar-refractivity contribution in [1.82, 2.24) is 0 Å². The molecule has 0 saturated carbocycles. The first-order chi connectivity index (χ1) is 42.0. The number of carbonyl (C=O) groups is 7. The monoisotopic (exact) mass is 1200 g/mol. The van der Waals surface area contributed by atoms with Crippen molar-refractivity contribution in [2.45, 2.75) is 160 Å². The lowest BCUT2D eigenvalue weighted by Gasteiger charge is -2.48. The van der Waals surface area contributed by atoms with Crippen molar-refractivity contribution in [3.8, 4) is 23.0 Å². The smallest absolute Gasteiger partial charge is 0.343 e. The van der Waals surface area contributed by atoms with Gasteiger partial charge in [-0.05, 0) is 67.4 Å². The van der Waals surface area contributed by atoms with Gasteiger partial charge in [0.2, 0.25) is 0 Å². The van der Waals surface area contributed by atoms with Gasteiger partial charge < -0.3 is 75.8 Å². The Morgan fingerprint density at radius 2 is 0.908 bits per heavy atom. The highest BCUT2D eigenvalue weighted by atomic mass is 16.8. The van der Waals surface area contributed by atoms with Gasteiger partial charge in [-0.3, -0.25) is 19.2 Å². The van der Waals surface area contributed by atoms with Crippen LogP contribution in [0.4, 0.5) is 0 Å². The van der Waals surface area contributed by atoms with E-state index in [9.17, 15) is 33.6 Å². The second-order valence-corrected chi connectivity index (χ2v) is 21.4. The lowest BCUT2D eigenvalue weighted by Crippen LogP contribution is -2.65. The van der Waals surface area contributed by atoms with Crippen LogP contribution in [0.15, 0.2) is 109 Å². The van der Waals surface area contributed by atoms with Crippen LogP contribution < -0.4 is 14.2 Å². The van der Waals surface area contributed by atoms with Gasteiger partial charge in [-0.2, -0.15) is 0 Å². The molecular formula is C64H64O23. The molecule has 0 N–H and O–H groups in total. The number of hydrogen-bond donors (Lipinski definition) is 0. The third-order valence-electron chi connectivity index (χ3n) is 15.3. The van der Waals surface area contributed by atoms with E-state index < -0.39 is 135 Å². The fourth-order valence-corrected chi connectivity index (χ4v) is 11.6. The third kappa shape index (κ3) is 12.4. The van der Waals surface area contributed by atoms with Crippen molar-refractivity contribution in [2.24, 2.45) is 0 Å². The molecule has 12 atom stereocenters. The maximum atomic E-state index is 14.5. The molecule has 4 saturated heterocycles. The summed E-state index contributed by atoms with van der Waals surface area (Å²) in [5.41, 5.74) is -0.667. The van der Waals surface area contributed by atoms with Crippen molar-refractivity contribution in [1.29, 1.82) is 0 Å². The summed E-state index contributed by atoms with van der Waals surface area (Å²) in [5, 5.41) is 0. The van der Waals surface area contributed by atoms with Crippen LogP contribution in [0, 0.1) is 0 Å². The predicted molar refractivity (Wildman–Crippen MR) is 296 cm³/mol. The molecular weight excluding hydrogens is 1140 g/mol. The molecule has 2 unspecified atom stereocenters. The number of rotatable bonds is 18. The van der Waals surface area contributed by atoms with Gasteiger partial charge in [-0.25, -0.2) is 14.4 Å². The summed E-state index contributed by atoms with van der Waals surface area (Å²) >= 11 is 0. The van der Waals surface area contributed by atoms with Crippen molar-refractivity contribution in [2.75, 3.05) is 13.2 Å². The molecule has 23 nitrogen and oxygen atoms in total. The molecule has 0 radical (unpaired) electrons. The summed E-state index contributed by atoms with van der Waals surface area (Å²) in [7, 11) is 0. The second kappa shape index (κ2) is 26.1. The minimum Gasteiger partial charge on any atom is -0.455 e. The number of hydrogen-bond acceptors (Lipinski definition) is 23. The van der Waals surface area contributed by atoms with Crippen molar-refractivity contribution in [3.63, 3.8) is 0 Å². The Labute approximate surface area is 499 Å². The topological polar surface area (TPSA) is 267 Å². The zero-order valence-electron chi connectivity index (χ0n) is 48.4. The van der Waals surface area contributed by atoms with Crippen LogP contribution in [-0.2, 0) is 99.6 Å². The van der Waals surface area contributed by atoms with Gasteiger partial charge in [0.25, 0.3) is 0 Å². The first-order valence-corrected chi connectivity index (χ1v) is 28.7. The van der Waals surface area contributed by atoms with Crippen LogP contribution in [-0.4, -0.2) is 129 Å². The molecule has 4 fully saturated rings. The minimum absolute atomic E-state index is 0.00393. The van der Waals surface area contributed by atoms with Crippen LogP contribution in [0.5, 0.6) is 23.0 Å². The van der Waals surface area contributed by atoms with Crippen LogP contribution >= 0.6 is 0 Å². The molecule has 0 amide bonds. The fraction of sp³-hybridized carbons (Fsp3) is 0.422. The van der Waals surface area contributed by atoms with E-state index in [1.165, 1.54) is 39.8 Å². The minimum atomic E-state index is -1.91. The molecule has 5 aromatic rings. The number of esters is 7. The number of fused-ring (bicyclic) bond motifs is 8. The van der Waals surface area contributed by atoms with Crippen molar-refractivity contribution < 1.29 is 109 Å². The molecule has 458 valence electrons. The summed E-state index contributed by atoms with van der Waals surface area (Å²) in [6, 6.07) is 29.1. The summed E-state index contributed by atoms with van der Waals surface area (Å²) in [6.45, 7) is 7.35. The zero-order chi connectivity index (χ0) is 61.1. The highest BCUT2D eigenvalue weighted by Gasteiger charge is 2.58. The van der Waals surface area contributed by atoms with Crippen molar-refractivity contribution in [3.05, 3.63) is 154 Å². The normalized spacial score (nSPS) is 27.5. The van der Waals surface area contributed by atoms with E-state index in [0.29, 0.717) is 31.2 Å². The quantitative estimate of drug-likeness (QED) is 0.0457. The first kappa shape index (κ1) is 60.6. The average molecular weight is 1200 g/mol. The number of ether oxygens (including phenoxy) is 16. The Morgan fingerprint density at radius 1 is 0.494 bits per heavy atom. The standard InChI is InChI=1S/C64H64O23/c1-7-17-49-72-31-47-53(84-49)55(76-33(3)65)57(78-35(5)67)62(82-47)74-29-40-45(80-59(69)37-19-11-9-12-20-37)27-25-43-51(40)86-52-41(30-75-63-58(79-36(6)68)56(77-34(4)66)54-48(83-63)32-73-50(85-54)18-8-2)46(81-60(70)38-21-13-10-14-22-38)28-26-44(52)64(43)42-24-16-15-23-39(42)61(71)87-64/h9-16,19-28,47-50,53-58,62-63H,7-8,17-18,29-32H2,1-6H3/t47-,48-,49?,50?,53-,54-,55+,56+,57-,58-,62-,63-,64?/m1/s1. The average Bonchev–Trinajstić information content (AvgIpc) is 1.66. The largest absolute Gasteiger partial charge is 0.455 e. The molecule has 6 heterocycles. The molecule has 0 bridgehead atoms. The van der Waals surface area contributed by atoms with Gasteiger partial charge in [0.1, 0.15) is 47.4 Å². The molecule has 5 aromatic carbocycles. The highest BCUT2D eigenvalue weighted by Crippen LogP contribution is 2.60. The van der Waals surface area contributed by atoms with E-state index in [1.807, 2.05) is 13.8 Å². The Morgan fingerprint density at radius 3 is 1.33 bits per heavy atom. The summed E-state index contributed by atoms with van der Waals surface area (Å²) in [5.74, 6) is -5.80. The van der Waals surface area contributed by atoms with Gasteiger partial charge in [0.05, 0.1) is 54.2 Å². The maximum absolute atomic E-state index is 14.5. The van der Waals surface area contributed by atoms with E-state index in [4.69, 9.17) is 75.8 Å². The Hall–Kier alpha value is -8.13. The molecule has 0 aliphatic carbocycles. The van der Waals surface area contributed by atoms with E-state index >= 15 is 0 Å².